The molecule has 0 saturated heterocycles. The van der Waals surface area contributed by atoms with E-state index >= 15 is 0 Å². The van der Waals surface area contributed by atoms with E-state index in [1.54, 1.807) is 10.6 Å². The van der Waals surface area contributed by atoms with Gasteiger partial charge in [-0.05, 0) is 71.7 Å². The number of pyridine rings is 1. The highest BCUT2D eigenvalue weighted by Gasteiger charge is 2.19. The van der Waals surface area contributed by atoms with Gasteiger partial charge in [0.05, 0.1) is 17.4 Å². The summed E-state index contributed by atoms with van der Waals surface area (Å²) in [5.74, 6) is 1.99. The first kappa shape index (κ1) is 22.5. The van der Waals surface area contributed by atoms with E-state index < -0.39 is 0 Å². The molecule has 2 heterocycles. The van der Waals surface area contributed by atoms with E-state index in [9.17, 15) is 4.79 Å². The second kappa shape index (κ2) is 9.55. The lowest BCUT2D eigenvalue weighted by atomic mass is 9.83. The zero-order valence-electron chi connectivity index (χ0n) is 19.4. The van der Waals surface area contributed by atoms with E-state index in [1.165, 1.54) is 25.7 Å². The van der Waals surface area contributed by atoms with E-state index in [2.05, 4.69) is 28.5 Å². The molecule has 0 radical (unpaired) electrons. The van der Waals surface area contributed by atoms with E-state index in [4.69, 9.17) is 17.3 Å². The molecule has 1 fully saturated rings. The standard InChI is InChI=1S/C27H30ClN5O/c1-17-5-7-18(8-6-17)14-30-23-12-21(13-24-26(23)27(29)32-31-24)20-9-10-25(34)33(16-20)15-19-3-2-4-22(28)11-19/h2-4,9-13,16-18,30H,5-8,14-15H2,1H3,(H3,29,31,32). The van der Waals surface area contributed by atoms with Gasteiger partial charge in [0.25, 0.3) is 5.56 Å². The molecule has 0 aliphatic heterocycles. The highest BCUT2D eigenvalue weighted by molar-refractivity contribution is 6.30. The predicted molar refractivity (Wildman–Crippen MR) is 140 cm³/mol. The Labute approximate surface area is 204 Å². The first-order valence-corrected chi connectivity index (χ1v) is 12.3. The Morgan fingerprint density at radius 2 is 1.94 bits per heavy atom. The molecule has 4 N–H and O–H groups in total. The summed E-state index contributed by atoms with van der Waals surface area (Å²) < 4.78 is 1.71. The second-order valence-electron chi connectivity index (χ2n) is 9.58. The van der Waals surface area contributed by atoms with Crippen LogP contribution < -0.4 is 16.6 Å². The summed E-state index contributed by atoms with van der Waals surface area (Å²) in [5, 5.41) is 12.5. The molecular formula is C27H30ClN5O. The Morgan fingerprint density at radius 3 is 2.74 bits per heavy atom. The third-order valence-electron chi connectivity index (χ3n) is 6.97. The predicted octanol–water partition coefficient (Wildman–Crippen LogP) is 5.91. The van der Waals surface area contributed by atoms with Crippen LogP contribution in [0.25, 0.3) is 22.0 Å². The summed E-state index contributed by atoms with van der Waals surface area (Å²) in [4.78, 5) is 12.6. The van der Waals surface area contributed by atoms with Crippen LogP contribution in [0.15, 0.2) is 59.5 Å². The van der Waals surface area contributed by atoms with Crippen molar-refractivity contribution in [3.8, 4) is 11.1 Å². The number of anilines is 2. The van der Waals surface area contributed by atoms with Crippen LogP contribution in [0.2, 0.25) is 5.02 Å². The Balaban J connectivity index is 1.46. The number of aromatic nitrogens is 3. The summed E-state index contributed by atoms with van der Waals surface area (Å²) in [6.07, 6.45) is 7.00. The summed E-state index contributed by atoms with van der Waals surface area (Å²) in [7, 11) is 0. The number of nitrogens with two attached hydrogens (primary N) is 1. The van der Waals surface area contributed by atoms with E-state index in [1.807, 2.05) is 42.6 Å². The molecule has 7 heteroatoms. The fourth-order valence-corrected chi connectivity index (χ4v) is 5.15. The maximum absolute atomic E-state index is 12.6. The number of fused-ring (bicyclic) bond motifs is 1. The van der Waals surface area contributed by atoms with Gasteiger partial charge in [0.15, 0.2) is 5.82 Å². The van der Waals surface area contributed by atoms with Crippen molar-refractivity contribution in [2.24, 2.45) is 11.8 Å². The molecule has 6 nitrogen and oxygen atoms in total. The molecule has 0 atom stereocenters. The average Bonchev–Trinajstić information content (AvgIpc) is 3.21. The van der Waals surface area contributed by atoms with Crippen LogP contribution in [0.4, 0.5) is 11.5 Å². The van der Waals surface area contributed by atoms with Crippen LogP contribution in [0.1, 0.15) is 38.2 Å². The topological polar surface area (TPSA) is 88.7 Å². The van der Waals surface area contributed by atoms with Crippen LogP contribution >= 0.6 is 11.6 Å². The van der Waals surface area contributed by atoms with Gasteiger partial charge in [0.2, 0.25) is 0 Å². The Hall–Kier alpha value is -3.25. The molecule has 0 amide bonds. The summed E-state index contributed by atoms with van der Waals surface area (Å²) in [6.45, 7) is 3.72. The molecule has 4 aromatic rings. The van der Waals surface area contributed by atoms with Crippen molar-refractivity contribution in [3.63, 3.8) is 0 Å². The smallest absolute Gasteiger partial charge is 0.250 e. The van der Waals surface area contributed by atoms with Crippen molar-refractivity contribution in [1.29, 1.82) is 0 Å². The molecule has 1 saturated carbocycles. The number of nitrogens with zero attached hydrogens (tertiary/aromatic N) is 2. The monoisotopic (exact) mass is 475 g/mol. The fraction of sp³-hybridized carbons (Fsp3) is 0.333. The van der Waals surface area contributed by atoms with E-state index in [0.29, 0.717) is 23.3 Å². The zero-order chi connectivity index (χ0) is 23.7. The Morgan fingerprint density at radius 1 is 1.12 bits per heavy atom. The van der Waals surface area contributed by atoms with Gasteiger partial charge < -0.3 is 15.6 Å². The number of aromatic amines is 1. The number of nitrogens with one attached hydrogen (secondary N) is 2. The first-order valence-electron chi connectivity index (χ1n) is 11.9. The number of H-pyrrole nitrogens is 1. The highest BCUT2D eigenvalue weighted by atomic mass is 35.5. The number of nitrogen functional groups attached to an aromatic ring is 1. The third kappa shape index (κ3) is 4.82. The maximum Gasteiger partial charge on any atom is 0.250 e. The number of benzene rings is 2. The Bertz CT molecular complexity index is 1370. The fourth-order valence-electron chi connectivity index (χ4n) is 4.93. The van der Waals surface area contributed by atoms with E-state index in [-0.39, 0.29) is 5.56 Å². The molecule has 0 bridgehead atoms. The molecule has 2 aromatic carbocycles. The van der Waals surface area contributed by atoms with Crippen LogP contribution in [-0.2, 0) is 6.54 Å². The molecule has 1 aliphatic carbocycles. The van der Waals surface area contributed by atoms with Gasteiger partial charge in [-0.3, -0.25) is 9.89 Å². The maximum atomic E-state index is 12.6. The Kier molecular flexibility index (Phi) is 6.33. The molecule has 2 aromatic heterocycles. The van der Waals surface area contributed by atoms with Crippen molar-refractivity contribution in [3.05, 3.63) is 75.7 Å². The van der Waals surface area contributed by atoms with Gasteiger partial charge in [0.1, 0.15) is 0 Å². The minimum absolute atomic E-state index is 0.0551. The second-order valence-corrected chi connectivity index (χ2v) is 10.0. The van der Waals surface area contributed by atoms with Gasteiger partial charge in [-0.1, -0.05) is 43.5 Å². The van der Waals surface area contributed by atoms with Gasteiger partial charge in [-0.15, -0.1) is 0 Å². The van der Waals surface area contributed by atoms with Crippen molar-refractivity contribution >= 4 is 34.0 Å². The lowest BCUT2D eigenvalue weighted by Gasteiger charge is -2.26. The summed E-state index contributed by atoms with van der Waals surface area (Å²) in [6, 6.07) is 15.2. The molecule has 34 heavy (non-hydrogen) atoms. The number of rotatable bonds is 6. The summed E-state index contributed by atoms with van der Waals surface area (Å²) >= 11 is 6.13. The zero-order valence-corrected chi connectivity index (χ0v) is 20.1. The van der Waals surface area contributed by atoms with Crippen molar-refractivity contribution in [2.75, 3.05) is 17.6 Å². The van der Waals surface area contributed by atoms with Crippen molar-refractivity contribution in [2.45, 2.75) is 39.2 Å². The van der Waals surface area contributed by atoms with Crippen LogP contribution in [0.5, 0.6) is 0 Å². The SMILES string of the molecule is CC1CCC(CNc2cc(-c3ccc(=O)n(Cc4cccc(Cl)c4)c3)cc3[nH]nc(N)c23)CC1. The van der Waals surface area contributed by atoms with Gasteiger partial charge in [-0.2, -0.15) is 5.10 Å². The van der Waals surface area contributed by atoms with Crippen LogP contribution in [0, 0.1) is 11.8 Å². The molecule has 176 valence electrons. The lowest BCUT2D eigenvalue weighted by Crippen LogP contribution is -2.20. The van der Waals surface area contributed by atoms with Crippen molar-refractivity contribution < 1.29 is 0 Å². The quantitative estimate of drug-likeness (QED) is 0.323. The van der Waals surface area contributed by atoms with Crippen LogP contribution in [-0.4, -0.2) is 21.3 Å². The third-order valence-corrected chi connectivity index (χ3v) is 7.20. The average molecular weight is 476 g/mol. The highest BCUT2D eigenvalue weighted by Crippen LogP contribution is 2.34. The van der Waals surface area contributed by atoms with Gasteiger partial charge >= 0.3 is 0 Å². The minimum Gasteiger partial charge on any atom is -0.384 e. The lowest BCUT2D eigenvalue weighted by molar-refractivity contribution is 0.300. The molecule has 5 rings (SSSR count). The first-order chi connectivity index (χ1) is 16.5. The summed E-state index contributed by atoms with van der Waals surface area (Å²) in [5.41, 5.74) is 10.9. The van der Waals surface area contributed by atoms with E-state index in [0.717, 1.165) is 45.7 Å². The minimum atomic E-state index is -0.0551. The van der Waals surface area contributed by atoms with Crippen molar-refractivity contribution in [1.82, 2.24) is 14.8 Å². The normalized spacial score (nSPS) is 18.3. The van der Waals surface area contributed by atoms with Gasteiger partial charge in [0, 0.05) is 29.5 Å². The largest absolute Gasteiger partial charge is 0.384 e. The molecule has 1 aliphatic rings. The molecule has 0 unspecified atom stereocenters. The van der Waals surface area contributed by atoms with Gasteiger partial charge in [-0.25, -0.2) is 0 Å². The number of hydrogen-bond acceptors (Lipinski definition) is 4. The number of halogens is 1. The number of hydrogen-bond donors (Lipinski definition) is 3. The molecular weight excluding hydrogens is 446 g/mol. The molecule has 0 spiro atoms. The van der Waals surface area contributed by atoms with Crippen LogP contribution in [0.3, 0.4) is 0 Å².